The minimum Gasteiger partial charge on any atom is -0.414 e. The van der Waals surface area contributed by atoms with Gasteiger partial charge in [-0.05, 0) is 22.2 Å². The molecule has 2 aromatic heterocycles. The van der Waals surface area contributed by atoms with Crippen LogP contribution in [-0.2, 0) is 22.5 Å². The van der Waals surface area contributed by atoms with E-state index in [1.165, 1.54) is 10.9 Å². The van der Waals surface area contributed by atoms with Crippen LogP contribution in [0.5, 0.6) is 0 Å². The average Bonchev–Trinajstić information content (AvgIpc) is 3.39. The third kappa shape index (κ3) is 5.23. The van der Waals surface area contributed by atoms with Crippen molar-refractivity contribution in [2.24, 2.45) is 5.92 Å². The second kappa shape index (κ2) is 11.4. The van der Waals surface area contributed by atoms with Crippen LogP contribution in [0.4, 0.5) is 5.95 Å². The highest BCUT2D eigenvalue weighted by Crippen LogP contribution is 2.48. The fraction of sp³-hybridized carbons (Fsp3) is 0.769. The predicted molar refractivity (Wildman–Crippen MR) is 155 cm³/mol. The number of aromatic amines is 1. The fourth-order valence-corrected chi connectivity index (χ4v) is 17.0. The fourth-order valence-electron chi connectivity index (χ4n) is 5.80. The standard InChI is InChI=1S/C26H45N5O7Si2/c1-13(2)23(33)29-26-28-22-19(24(34)30-26)27-12-31(22)25-20(32)21-18(36-25)11-35-39(14(3)4,15(5)6)38-40(37-21,16(7)8)17(9)10/h12-18,20-21,25,32H,11H2,1-10H3,(H2,28,29,30,33,34). The number of rotatable bonds is 7. The Kier molecular flexibility index (Phi) is 8.82. The third-order valence-corrected chi connectivity index (χ3v) is 18.4. The molecule has 2 saturated heterocycles. The molecular weight excluding hydrogens is 550 g/mol. The maximum atomic E-state index is 12.8. The van der Waals surface area contributed by atoms with Crippen LogP contribution < -0.4 is 10.9 Å². The summed E-state index contributed by atoms with van der Waals surface area (Å²) in [5.74, 6) is -0.596. The zero-order valence-corrected chi connectivity index (χ0v) is 27.2. The number of anilines is 1. The Labute approximate surface area is 237 Å². The molecule has 0 saturated carbocycles. The van der Waals surface area contributed by atoms with Crippen molar-refractivity contribution in [3.63, 3.8) is 0 Å². The molecular formula is C26H45N5O7Si2. The van der Waals surface area contributed by atoms with Gasteiger partial charge in [-0.25, -0.2) is 4.98 Å². The van der Waals surface area contributed by atoms with Crippen molar-refractivity contribution in [1.82, 2.24) is 19.5 Å². The van der Waals surface area contributed by atoms with Gasteiger partial charge in [0.25, 0.3) is 5.56 Å². The van der Waals surface area contributed by atoms with E-state index in [1.807, 2.05) is 0 Å². The highest BCUT2D eigenvalue weighted by Gasteiger charge is 2.61. The third-order valence-electron chi connectivity index (χ3n) is 8.11. The first-order valence-electron chi connectivity index (χ1n) is 14.3. The van der Waals surface area contributed by atoms with E-state index in [0.717, 1.165) is 0 Å². The quantitative estimate of drug-likeness (QED) is 0.405. The van der Waals surface area contributed by atoms with E-state index < -0.39 is 47.2 Å². The van der Waals surface area contributed by atoms with E-state index in [-0.39, 0.29) is 57.7 Å². The van der Waals surface area contributed by atoms with E-state index in [4.69, 9.17) is 17.7 Å². The van der Waals surface area contributed by atoms with Crippen LogP contribution in [0.1, 0.15) is 75.5 Å². The number of ether oxygens (including phenoxy) is 1. The van der Waals surface area contributed by atoms with Crippen molar-refractivity contribution in [2.45, 2.75) is 116 Å². The van der Waals surface area contributed by atoms with E-state index in [1.54, 1.807) is 13.8 Å². The molecule has 0 aliphatic carbocycles. The molecule has 2 aromatic rings. The van der Waals surface area contributed by atoms with Crippen molar-refractivity contribution in [1.29, 1.82) is 0 Å². The summed E-state index contributed by atoms with van der Waals surface area (Å²) in [7, 11) is -5.75. The molecule has 0 radical (unpaired) electrons. The van der Waals surface area contributed by atoms with Crippen molar-refractivity contribution >= 4 is 40.1 Å². The molecule has 0 spiro atoms. The Hall–Kier alpha value is -1.95. The van der Waals surface area contributed by atoms with Crippen molar-refractivity contribution < 1.29 is 27.6 Å². The zero-order chi connectivity index (χ0) is 29.7. The van der Waals surface area contributed by atoms with Gasteiger partial charge in [0, 0.05) is 5.92 Å². The Morgan fingerprint density at radius 1 is 1.05 bits per heavy atom. The summed E-state index contributed by atoms with van der Waals surface area (Å²) in [6.45, 7) is 20.8. The molecule has 224 valence electrons. The molecule has 1 amide bonds. The lowest BCUT2D eigenvalue weighted by Crippen LogP contribution is -2.65. The number of H-pyrrole nitrogens is 1. The SMILES string of the molecule is CC(C)C(=O)Nc1nc2c(ncn2C2OC3CO[Si](C(C)C)(C(C)C)O[Si](C(C)C)(C(C)C)OC3C2O)c(=O)[nH]1. The highest BCUT2D eigenvalue weighted by atomic mass is 28.5. The number of hydrogen-bond acceptors (Lipinski definition) is 9. The number of carbonyl (C=O) groups excluding carboxylic acids is 1. The molecule has 4 rings (SSSR count). The lowest BCUT2D eigenvalue weighted by molar-refractivity contribution is -0.118. The Morgan fingerprint density at radius 3 is 2.20 bits per heavy atom. The van der Waals surface area contributed by atoms with Gasteiger partial charge in [-0.1, -0.05) is 69.2 Å². The summed E-state index contributed by atoms with van der Waals surface area (Å²) in [6.07, 6.45) is -1.92. The molecule has 4 heterocycles. The first-order valence-corrected chi connectivity index (χ1v) is 18.2. The van der Waals surface area contributed by atoms with Crippen LogP contribution in [0, 0.1) is 5.92 Å². The lowest BCUT2D eigenvalue weighted by atomic mass is 10.1. The molecule has 40 heavy (non-hydrogen) atoms. The molecule has 0 bridgehead atoms. The number of fused-ring (bicyclic) bond motifs is 2. The largest absolute Gasteiger partial charge is 0.414 e. The van der Waals surface area contributed by atoms with Gasteiger partial charge in [0.2, 0.25) is 11.9 Å². The summed E-state index contributed by atoms with van der Waals surface area (Å²) in [5.41, 5.74) is 0.271. The van der Waals surface area contributed by atoms with E-state index in [9.17, 15) is 14.7 Å². The van der Waals surface area contributed by atoms with E-state index in [0.29, 0.717) is 0 Å². The Bertz CT molecular complexity index is 1260. The molecule has 14 heteroatoms. The second-order valence-corrected chi connectivity index (χ2v) is 21.3. The number of nitrogens with zero attached hydrogens (tertiary/aromatic N) is 3. The van der Waals surface area contributed by atoms with Crippen LogP contribution >= 0.6 is 0 Å². The molecule has 2 aliphatic heterocycles. The van der Waals surface area contributed by atoms with Gasteiger partial charge in [0.1, 0.15) is 18.3 Å². The number of hydrogen-bond donors (Lipinski definition) is 3. The average molecular weight is 596 g/mol. The van der Waals surface area contributed by atoms with Gasteiger partial charge in [-0.2, -0.15) is 4.98 Å². The molecule has 2 aliphatic rings. The highest BCUT2D eigenvalue weighted by molar-refractivity contribution is 6.84. The number of nitrogens with one attached hydrogen (secondary N) is 2. The number of aromatic nitrogens is 4. The van der Waals surface area contributed by atoms with Crippen LogP contribution in [-0.4, -0.2) is 72.6 Å². The number of carbonyl (C=O) groups is 1. The first kappa shape index (κ1) is 31.0. The maximum absolute atomic E-state index is 12.8. The summed E-state index contributed by atoms with van der Waals surface area (Å²) in [4.78, 5) is 36.2. The van der Waals surface area contributed by atoms with Gasteiger partial charge in [0.15, 0.2) is 17.4 Å². The number of amides is 1. The molecule has 4 unspecified atom stereocenters. The number of aliphatic hydroxyl groups is 1. The van der Waals surface area contributed by atoms with Crippen molar-refractivity contribution in [3.05, 3.63) is 16.7 Å². The van der Waals surface area contributed by atoms with Crippen LogP contribution in [0.25, 0.3) is 11.2 Å². The summed E-state index contributed by atoms with van der Waals surface area (Å²) >= 11 is 0. The predicted octanol–water partition coefficient (Wildman–Crippen LogP) is 3.93. The first-order chi connectivity index (χ1) is 18.6. The van der Waals surface area contributed by atoms with Crippen LogP contribution in [0.2, 0.25) is 22.2 Å². The number of aliphatic hydroxyl groups excluding tert-OH is 1. The molecule has 4 atom stereocenters. The molecule has 12 nitrogen and oxygen atoms in total. The van der Waals surface area contributed by atoms with Gasteiger partial charge in [-0.15, -0.1) is 0 Å². The molecule has 3 N–H and O–H groups in total. The Balaban J connectivity index is 1.76. The normalized spacial score (nSPS) is 26.6. The second-order valence-electron chi connectivity index (χ2n) is 12.5. The summed E-state index contributed by atoms with van der Waals surface area (Å²) in [5, 5.41) is 14.3. The smallest absolute Gasteiger partial charge is 0.335 e. The van der Waals surface area contributed by atoms with Gasteiger partial charge in [0.05, 0.1) is 12.9 Å². The van der Waals surface area contributed by atoms with E-state index >= 15 is 0 Å². The van der Waals surface area contributed by atoms with Crippen LogP contribution in [0.15, 0.2) is 11.1 Å². The van der Waals surface area contributed by atoms with Crippen molar-refractivity contribution in [3.8, 4) is 0 Å². The monoisotopic (exact) mass is 595 g/mol. The van der Waals surface area contributed by atoms with E-state index in [2.05, 4.69) is 75.7 Å². The summed E-state index contributed by atoms with van der Waals surface area (Å²) < 4.78 is 28.9. The maximum Gasteiger partial charge on any atom is 0.335 e. The minimum atomic E-state index is -2.97. The van der Waals surface area contributed by atoms with Crippen molar-refractivity contribution in [2.75, 3.05) is 11.9 Å². The Morgan fingerprint density at radius 2 is 1.65 bits per heavy atom. The number of imidazole rings is 1. The van der Waals surface area contributed by atoms with Gasteiger partial charge < -0.3 is 22.8 Å². The minimum absolute atomic E-state index is 0.000117. The lowest BCUT2D eigenvalue weighted by Gasteiger charge is -2.51. The van der Waals surface area contributed by atoms with Gasteiger partial charge >= 0.3 is 17.1 Å². The topological polar surface area (TPSA) is 150 Å². The zero-order valence-electron chi connectivity index (χ0n) is 25.2. The molecule has 2 fully saturated rings. The summed E-state index contributed by atoms with van der Waals surface area (Å²) in [6, 6.07) is 0. The van der Waals surface area contributed by atoms with Gasteiger partial charge in [-0.3, -0.25) is 24.5 Å². The van der Waals surface area contributed by atoms with Crippen LogP contribution in [0.3, 0.4) is 0 Å². The molecule has 0 aromatic carbocycles.